The van der Waals surface area contributed by atoms with Gasteiger partial charge in [-0.1, -0.05) is 13.0 Å². The Kier molecular flexibility index (Phi) is 3.07. The van der Waals surface area contributed by atoms with Crippen LogP contribution in [0.25, 0.3) is 0 Å². The molecule has 0 aliphatic carbocycles. The summed E-state index contributed by atoms with van der Waals surface area (Å²) in [5.41, 5.74) is 1.66. The van der Waals surface area contributed by atoms with Gasteiger partial charge in [0.25, 0.3) is 0 Å². The van der Waals surface area contributed by atoms with Crippen molar-refractivity contribution >= 4 is 15.5 Å². The van der Waals surface area contributed by atoms with E-state index in [0.29, 0.717) is 5.69 Å². The number of nitrogens with zero attached hydrogens (tertiary/aromatic N) is 2. The van der Waals surface area contributed by atoms with E-state index in [1.807, 2.05) is 37.1 Å². The number of nitriles is 1. The van der Waals surface area contributed by atoms with Crippen LogP contribution >= 0.6 is 0 Å². The quantitative estimate of drug-likeness (QED) is 0.775. The minimum Gasteiger partial charge on any atom is -0.368 e. The van der Waals surface area contributed by atoms with Gasteiger partial charge in [0, 0.05) is 7.05 Å². The molecule has 1 aromatic rings. The molecule has 0 amide bonds. The van der Waals surface area contributed by atoms with Crippen LogP contribution in [0.3, 0.4) is 0 Å². The van der Waals surface area contributed by atoms with Gasteiger partial charge < -0.3 is 4.90 Å². The highest BCUT2D eigenvalue weighted by atomic mass is 32.2. The first-order valence-electron chi connectivity index (χ1n) is 5.92. The van der Waals surface area contributed by atoms with Gasteiger partial charge in [-0.3, -0.25) is 0 Å². The zero-order valence-corrected chi connectivity index (χ0v) is 11.5. The Labute approximate surface area is 108 Å². The van der Waals surface area contributed by atoms with Crippen LogP contribution in [0.15, 0.2) is 23.1 Å². The van der Waals surface area contributed by atoms with E-state index in [1.165, 1.54) is 0 Å². The van der Waals surface area contributed by atoms with Crippen molar-refractivity contribution in [2.45, 2.75) is 36.5 Å². The van der Waals surface area contributed by atoms with Crippen LogP contribution in [0.4, 0.5) is 5.69 Å². The number of sulfone groups is 1. The fourth-order valence-corrected chi connectivity index (χ4v) is 4.23. The zero-order valence-electron chi connectivity index (χ0n) is 10.7. The smallest absolute Gasteiger partial charge is 0.198 e. The van der Waals surface area contributed by atoms with E-state index in [0.717, 1.165) is 12.0 Å². The van der Waals surface area contributed by atoms with Gasteiger partial charge in [-0.25, -0.2) is 8.42 Å². The lowest BCUT2D eigenvalue weighted by atomic mass is 10.1. The van der Waals surface area contributed by atoms with Gasteiger partial charge in [0.2, 0.25) is 0 Å². The lowest BCUT2D eigenvalue weighted by molar-refractivity contribution is 0.563. The predicted octanol–water partition coefficient (Wildman–Crippen LogP) is 1.75. The normalized spacial score (nSPS) is 25.3. The number of rotatable bonds is 1. The minimum atomic E-state index is -3.55. The van der Waals surface area contributed by atoms with Crippen molar-refractivity contribution in [3.63, 3.8) is 0 Å². The Bertz CT molecular complexity index is 616. The topological polar surface area (TPSA) is 61.2 Å². The van der Waals surface area contributed by atoms with E-state index in [2.05, 4.69) is 0 Å². The summed E-state index contributed by atoms with van der Waals surface area (Å²) in [6, 6.07) is 7.05. The van der Waals surface area contributed by atoms with E-state index >= 15 is 0 Å². The van der Waals surface area contributed by atoms with Gasteiger partial charge in [-0.15, -0.1) is 0 Å². The molecule has 0 radical (unpaired) electrons. The molecule has 0 spiro atoms. The molecule has 0 N–H and O–H groups in total. The molecule has 0 fully saturated rings. The molecule has 1 aliphatic heterocycles. The number of hydrogen-bond acceptors (Lipinski definition) is 4. The monoisotopic (exact) mass is 264 g/mol. The Hall–Kier alpha value is -1.54. The van der Waals surface area contributed by atoms with Crippen molar-refractivity contribution in [2.24, 2.45) is 0 Å². The maximum atomic E-state index is 12.4. The molecule has 18 heavy (non-hydrogen) atoms. The van der Waals surface area contributed by atoms with Gasteiger partial charge >= 0.3 is 0 Å². The molecule has 0 bridgehead atoms. The maximum Gasteiger partial charge on any atom is 0.198 e. The van der Waals surface area contributed by atoms with Crippen LogP contribution in [0.1, 0.15) is 19.4 Å². The third kappa shape index (κ3) is 1.68. The Morgan fingerprint density at radius 2 is 2.11 bits per heavy atom. The van der Waals surface area contributed by atoms with Crippen LogP contribution < -0.4 is 4.90 Å². The number of aryl methyl sites for hydroxylation is 1. The highest BCUT2D eigenvalue weighted by Crippen LogP contribution is 2.36. The molecule has 4 nitrogen and oxygen atoms in total. The van der Waals surface area contributed by atoms with E-state index in [-0.39, 0.29) is 10.9 Å². The molecular weight excluding hydrogens is 248 g/mol. The van der Waals surface area contributed by atoms with Crippen LogP contribution in [-0.2, 0) is 16.3 Å². The summed E-state index contributed by atoms with van der Waals surface area (Å²) in [4.78, 5) is 2.15. The third-order valence-corrected chi connectivity index (χ3v) is 5.74. The largest absolute Gasteiger partial charge is 0.368 e. The lowest BCUT2D eigenvalue weighted by Gasteiger charge is -2.36. The van der Waals surface area contributed by atoms with Gasteiger partial charge in [-0.05, 0) is 31.0 Å². The van der Waals surface area contributed by atoms with Crippen molar-refractivity contribution in [3.8, 4) is 6.07 Å². The van der Waals surface area contributed by atoms with Crippen LogP contribution in [-0.4, -0.2) is 26.8 Å². The van der Waals surface area contributed by atoms with Crippen molar-refractivity contribution in [3.05, 3.63) is 23.8 Å². The first-order chi connectivity index (χ1) is 8.43. The van der Waals surface area contributed by atoms with Crippen LogP contribution in [0, 0.1) is 11.3 Å². The summed E-state index contributed by atoms with van der Waals surface area (Å²) in [7, 11) is -1.72. The molecule has 96 valence electrons. The summed E-state index contributed by atoms with van der Waals surface area (Å²) in [5.74, 6) is 0. The van der Waals surface area contributed by atoms with Gasteiger partial charge in [0.05, 0.1) is 22.7 Å². The second kappa shape index (κ2) is 4.29. The van der Waals surface area contributed by atoms with Crippen molar-refractivity contribution in [1.82, 2.24) is 0 Å². The van der Waals surface area contributed by atoms with Crippen molar-refractivity contribution in [2.75, 3.05) is 11.9 Å². The standard InChI is InChI=1S/C13H16N2O2S/c1-4-10-5-6-11-12(7-10)18(16,17)13(8-14)9(2)15(11)3/h5-7,9,13H,4H2,1-3H3. The molecule has 0 aromatic heterocycles. The summed E-state index contributed by atoms with van der Waals surface area (Å²) in [5, 5.41) is 8.11. The van der Waals surface area contributed by atoms with Gasteiger partial charge in [-0.2, -0.15) is 5.26 Å². The fraction of sp³-hybridized carbons (Fsp3) is 0.462. The Morgan fingerprint density at radius 3 is 2.67 bits per heavy atom. The number of benzene rings is 1. The first kappa shape index (κ1) is 12.9. The highest BCUT2D eigenvalue weighted by Gasteiger charge is 2.41. The van der Waals surface area contributed by atoms with E-state index in [4.69, 9.17) is 5.26 Å². The average Bonchev–Trinajstić information content (AvgIpc) is 2.36. The molecule has 5 heteroatoms. The summed E-state index contributed by atoms with van der Waals surface area (Å²) >= 11 is 0. The van der Waals surface area contributed by atoms with Crippen molar-refractivity contribution < 1.29 is 8.42 Å². The second-order valence-corrected chi connectivity index (χ2v) is 6.64. The zero-order chi connectivity index (χ0) is 13.5. The molecule has 0 saturated carbocycles. The van der Waals surface area contributed by atoms with E-state index < -0.39 is 15.1 Å². The molecule has 2 rings (SSSR count). The average molecular weight is 264 g/mol. The second-order valence-electron chi connectivity index (χ2n) is 4.60. The summed E-state index contributed by atoms with van der Waals surface area (Å²) in [6.45, 7) is 3.74. The molecule has 1 aromatic carbocycles. The molecule has 2 atom stereocenters. The summed E-state index contributed by atoms with van der Waals surface area (Å²) in [6.07, 6.45) is 0.777. The van der Waals surface area contributed by atoms with Gasteiger partial charge in [0.15, 0.2) is 15.1 Å². The van der Waals surface area contributed by atoms with E-state index in [9.17, 15) is 8.42 Å². The Balaban J connectivity index is 2.73. The van der Waals surface area contributed by atoms with Crippen LogP contribution in [0.2, 0.25) is 0 Å². The highest BCUT2D eigenvalue weighted by molar-refractivity contribution is 7.92. The van der Waals surface area contributed by atoms with Gasteiger partial charge in [0.1, 0.15) is 0 Å². The Morgan fingerprint density at radius 1 is 1.44 bits per heavy atom. The molecular formula is C13H16N2O2S. The molecule has 2 unspecified atom stereocenters. The molecule has 1 aliphatic rings. The van der Waals surface area contributed by atoms with Crippen molar-refractivity contribution in [1.29, 1.82) is 5.26 Å². The summed E-state index contributed by atoms with van der Waals surface area (Å²) < 4.78 is 24.8. The minimum absolute atomic E-state index is 0.286. The van der Waals surface area contributed by atoms with E-state index in [1.54, 1.807) is 13.0 Å². The number of anilines is 1. The maximum absolute atomic E-state index is 12.4. The molecule has 1 heterocycles. The predicted molar refractivity (Wildman–Crippen MR) is 70.3 cm³/mol. The third-order valence-electron chi connectivity index (χ3n) is 3.63. The molecule has 0 saturated heterocycles. The first-order valence-corrected chi connectivity index (χ1v) is 7.47. The lowest BCUT2D eigenvalue weighted by Crippen LogP contribution is -2.47. The number of fused-ring (bicyclic) bond motifs is 1. The number of hydrogen-bond donors (Lipinski definition) is 0. The fourth-order valence-electron chi connectivity index (χ4n) is 2.29. The SMILES string of the molecule is CCc1ccc2c(c1)S(=O)(=O)C(C#N)C(C)N2C. The van der Waals surface area contributed by atoms with Crippen LogP contribution in [0.5, 0.6) is 0 Å².